The number of likely N-dealkylation sites (tertiary alicyclic amines) is 1. The number of rotatable bonds is 8. The van der Waals surface area contributed by atoms with E-state index in [1.165, 1.54) is 12.1 Å². The van der Waals surface area contributed by atoms with Crippen molar-refractivity contribution in [3.05, 3.63) is 30.3 Å². The van der Waals surface area contributed by atoms with Crippen LogP contribution in [0.4, 0.5) is 5.69 Å². The molecule has 5 heteroatoms. The van der Waals surface area contributed by atoms with Gasteiger partial charge in [-0.15, -0.1) is 0 Å². The Morgan fingerprint density at radius 3 is 2.60 bits per heavy atom. The molecular formula is C20H34N4O. The Morgan fingerprint density at radius 1 is 1.24 bits per heavy atom. The minimum absolute atomic E-state index is 0.424. The summed E-state index contributed by atoms with van der Waals surface area (Å²) in [7, 11) is 4.03. The zero-order chi connectivity index (χ0) is 17.9. The molecule has 1 aliphatic heterocycles. The topological polar surface area (TPSA) is 40.1 Å². The molecule has 0 saturated carbocycles. The molecule has 0 aromatic heterocycles. The number of para-hydroxylation sites is 1. The van der Waals surface area contributed by atoms with E-state index < -0.39 is 0 Å². The van der Waals surface area contributed by atoms with E-state index in [-0.39, 0.29) is 0 Å². The molecule has 25 heavy (non-hydrogen) atoms. The first-order valence-electron chi connectivity index (χ1n) is 9.58. The van der Waals surface area contributed by atoms with Gasteiger partial charge >= 0.3 is 0 Å². The van der Waals surface area contributed by atoms with Crippen molar-refractivity contribution in [1.82, 2.24) is 10.2 Å². The van der Waals surface area contributed by atoms with Gasteiger partial charge in [0.05, 0.1) is 6.10 Å². The van der Waals surface area contributed by atoms with Crippen molar-refractivity contribution >= 4 is 11.6 Å². The number of guanidine groups is 1. The number of nitrogens with one attached hydrogen (secondary N) is 1. The molecule has 0 unspecified atom stereocenters. The standard InChI is InChI=1S/C20H34N4O/c1-4-25-19-12-16-24(17-13-19)20(21-2)22-14-8-9-15-23(3)18-10-6-5-7-11-18/h5-7,10-11,19H,4,8-9,12-17H2,1-3H3,(H,21,22). The molecule has 1 fully saturated rings. The number of aliphatic imine (C=N–C) groups is 1. The quantitative estimate of drug-likeness (QED) is 0.446. The van der Waals surface area contributed by atoms with Crippen molar-refractivity contribution in [2.75, 3.05) is 51.8 Å². The van der Waals surface area contributed by atoms with Crippen LogP contribution in [-0.4, -0.2) is 63.8 Å². The van der Waals surface area contributed by atoms with E-state index in [0.717, 1.165) is 58.0 Å². The molecule has 1 heterocycles. The fourth-order valence-corrected chi connectivity index (χ4v) is 3.29. The summed E-state index contributed by atoms with van der Waals surface area (Å²) >= 11 is 0. The lowest BCUT2D eigenvalue weighted by Crippen LogP contribution is -2.47. The maximum Gasteiger partial charge on any atom is 0.193 e. The van der Waals surface area contributed by atoms with Gasteiger partial charge in [0.25, 0.3) is 0 Å². The Hall–Kier alpha value is -1.75. The highest BCUT2D eigenvalue weighted by atomic mass is 16.5. The summed E-state index contributed by atoms with van der Waals surface area (Å²) in [5.74, 6) is 1.03. The van der Waals surface area contributed by atoms with Gasteiger partial charge in [-0.1, -0.05) is 18.2 Å². The smallest absolute Gasteiger partial charge is 0.193 e. The Morgan fingerprint density at radius 2 is 1.96 bits per heavy atom. The highest BCUT2D eigenvalue weighted by molar-refractivity contribution is 5.79. The SMILES string of the molecule is CCOC1CCN(C(=NC)NCCCCN(C)c2ccccc2)CC1. The third-order valence-corrected chi connectivity index (χ3v) is 4.76. The summed E-state index contributed by atoms with van der Waals surface area (Å²) in [5, 5.41) is 3.52. The van der Waals surface area contributed by atoms with Gasteiger partial charge in [0.1, 0.15) is 0 Å². The summed E-state index contributed by atoms with van der Waals surface area (Å²) in [6, 6.07) is 10.6. The fraction of sp³-hybridized carbons (Fsp3) is 0.650. The molecule has 1 aromatic carbocycles. The summed E-state index contributed by atoms with van der Waals surface area (Å²) in [4.78, 5) is 9.11. The average molecular weight is 347 g/mol. The Balaban J connectivity index is 1.62. The second kappa shape index (κ2) is 11.0. The van der Waals surface area contributed by atoms with Gasteiger partial charge in [-0.05, 0) is 44.7 Å². The predicted octanol–water partition coefficient (Wildman–Crippen LogP) is 2.98. The van der Waals surface area contributed by atoms with Crippen LogP contribution < -0.4 is 10.2 Å². The van der Waals surface area contributed by atoms with E-state index in [1.807, 2.05) is 7.05 Å². The summed E-state index contributed by atoms with van der Waals surface area (Å²) < 4.78 is 5.72. The molecule has 140 valence electrons. The average Bonchev–Trinajstić information content (AvgIpc) is 2.66. The highest BCUT2D eigenvalue weighted by Gasteiger charge is 2.21. The zero-order valence-electron chi connectivity index (χ0n) is 16.1. The molecule has 0 radical (unpaired) electrons. The van der Waals surface area contributed by atoms with Gasteiger partial charge in [0.2, 0.25) is 0 Å². The maximum absolute atomic E-state index is 5.72. The molecule has 0 aliphatic carbocycles. The number of nitrogens with zero attached hydrogens (tertiary/aromatic N) is 3. The highest BCUT2D eigenvalue weighted by Crippen LogP contribution is 2.14. The van der Waals surface area contributed by atoms with E-state index in [1.54, 1.807) is 0 Å². The molecule has 5 nitrogen and oxygen atoms in total. The van der Waals surface area contributed by atoms with Crippen LogP contribution in [0.15, 0.2) is 35.3 Å². The van der Waals surface area contributed by atoms with Crippen LogP contribution in [0.2, 0.25) is 0 Å². The lowest BCUT2D eigenvalue weighted by atomic mass is 10.1. The first-order valence-corrected chi connectivity index (χ1v) is 9.58. The molecular weight excluding hydrogens is 312 g/mol. The van der Waals surface area contributed by atoms with Gasteiger partial charge in [0, 0.05) is 52.6 Å². The molecule has 0 atom stereocenters. The van der Waals surface area contributed by atoms with E-state index in [4.69, 9.17) is 4.74 Å². The summed E-state index contributed by atoms with van der Waals surface area (Å²) in [6.45, 7) is 6.99. The van der Waals surface area contributed by atoms with Gasteiger partial charge in [-0.25, -0.2) is 0 Å². The first-order chi connectivity index (χ1) is 12.2. The number of ether oxygens (including phenoxy) is 1. The van der Waals surface area contributed by atoms with Crippen molar-refractivity contribution in [1.29, 1.82) is 0 Å². The molecule has 1 saturated heterocycles. The third kappa shape index (κ3) is 6.58. The van der Waals surface area contributed by atoms with Crippen molar-refractivity contribution in [3.63, 3.8) is 0 Å². The largest absolute Gasteiger partial charge is 0.378 e. The van der Waals surface area contributed by atoms with Crippen LogP contribution in [-0.2, 0) is 4.74 Å². The summed E-state index contributed by atoms with van der Waals surface area (Å²) in [6.07, 6.45) is 4.92. The Bertz CT molecular complexity index is 498. The molecule has 1 aliphatic rings. The van der Waals surface area contributed by atoms with E-state index >= 15 is 0 Å². The fourth-order valence-electron chi connectivity index (χ4n) is 3.29. The maximum atomic E-state index is 5.72. The number of benzene rings is 1. The molecule has 1 aromatic rings. The monoisotopic (exact) mass is 346 g/mol. The zero-order valence-corrected chi connectivity index (χ0v) is 16.1. The Kier molecular flexibility index (Phi) is 8.60. The van der Waals surface area contributed by atoms with Gasteiger partial charge in [-0.3, -0.25) is 4.99 Å². The lowest BCUT2D eigenvalue weighted by Gasteiger charge is -2.34. The predicted molar refractivity (Wildman–Crippen MR) is 107 cm³/mol. The van der Waals surface area contributed by atoms with Gasteiger partial charge in [-0.2, -0.15) is 0 Å². The van der Waals surface area contributed by atoms with Crippen LogP contribution in [0.25, 0.3) is 0 Å². The van der Waals surface area contributed by atoms with Crippen molar-refractivity contribution in [2.45, 2.75) is 38.7 Å². The van der Waals surface area contributed by atoms with E-state index in [2.05, 4.69) is 64.4 Å². The van der Waals surface area contributed by atoms with Crippen LogP contribution in [0.5, 0.6) is 0 Å². The van der Waals surface area contributed by atoms with Gasteiger partial charge in [0.15, 0.2) is 5.96 Å². The van der Waals surface area contributed by atoms with E-state index in [0.29, 0.717) is 6.10 Å². The number of unbranched alkanes of at least 4 members (excludes halogenated alkanes) is 1. The number of hydrogen-bond acceptors (Lipinski definition) is 3. The number of piperidine rings is 1. The van der Waals surface area contributed by atoms with Crippen LogP contribution in [0.3, 0.4) is 0 Å². The first kappa shape index (κ1) is 19.6. The van der Waals surface area contributed by atoms with Crippen molar-refractivity contribution in [3.8, 4) is 0 Å². The lowest BCUT2D eigenvalue weighted by molar-refractivity contribution is 0.0264. The Labute approximate surface area is 153 Å². The van der Waals surface area contributed by atoms with Crippen molar-refractivity contribution < 1.29 is 4.74 Å². The summed E-state index contributed by atoms with van der Waals surface area (Å²) in [5.41, 5.74) is 1.28. The normalized spacial score (nSPS) is 16.1. The molecule has 1 N–H and O–H groups in total. The van der Waals surface area contributed by atoms with Crippen LogP contribution >= 0.6 is 0 Å². The third-order valence-electron chi connectivity index (χ3n) is 4.76. The minimum Gasteiger partial charge on any atom is -0.378 e. The van der Waals surface area contributed by atoms with E-state index in [9.17, 15) is 0 Å². The number of hydrogen-bond donors (Lipinski definition) is 1. The second-order valence-corrected chi connectivity index (χ2v) is 6.58. The minimum atomic E-state index is 0.424. The second-order valence-electron chi connectivity index (χ2n) is 6.58. The van der Waals surface area contributed by atoms with Crippen LogP contribution in [0, 0.1) is 0 Å². The van der Waals surface area contributed by atoms with Crippen LogP contribution in [0.1, 0.15) is 32.6 Å². The molecule has 0 bridgehead atoms. The van der Waals surface area contributed by atoms with Gasteiger partial charge < -0.3 is 19.9 Å². The molecule has 2 rings (SSSR count). The molecule has 0 amide bonds. The molecule has 0 spiro atoms. The van der Waals surface area contributed by atoms with Crippen molar-refractivity contribution in [2.24, 2.45) is 4.99 Å². The number of anilines is 1.